The van der Waals surface area contributed by atoms with Crippen LogP contribution in [0, 0.1) is 5.92 Å². The number of piperidine rings is 1. The van der Waals surface area contributed by atoms with E-state index in [0.717, 1.165) is 11.3 Å². The zero-order chi connectivity index (χ0) is 23.8. The molecule has 0 saturated carbocycles. The van der Waals surface area contributed by atoms with Crippen LogP contribution >= 0.6 is 0 Å². The number of nitrogens with one attached hydrogen (secondary N) is 1. The van der Waals surface area contributed by atoms with Crippen LogP contribution in [-0.2, 0) is 21.5 Å². The molecule has 0 bridgehead atoms. The van der Waals surface area contributed by atoms with Crippen LogP contribution in [0.25, 0.3) is 0 Å². The largest absolute Gasteiger partial charge is 0.497 e. The highest BCUT2D eigenvalue weighted by atomic mass is 32.2. The summed E-state index contributed by atoms with van der Waals surface area (Å²) < 4.78 is 40.3. The number of rotatable bonds is 10. The molecule has 0 radical (unpaired) electrons. The van der Waals surface area contributed by atoms with Crippen molar-refractivity contribution in [3.05, 3.63) is 54.1 Å². The topological polar surface area (TPSA) is 88.2 Å². The van der Waals surface area contributed by atoms with E-state index in [4.69, 9.17) is 9.47 Å². The first-order chi connectivity index (χ1) is 15.9. The van der Waals surface area contributed by atoms with Crippen molar-refractivity contribution in [2.45, 2.75) is 33.2 Å². The molecule has 3 rings (SSSR count). The predicted octanol–water partition coefficient (Wildman–Crippen LogP) is 3.19. The average molecular weight is 476 g/mol. The summed E-state index contributed by atoms with van der Waals surface area (Å²) in [6.45, 7) is 5.47. The second kappa shape index (κ2) is 11.4. The van der Waals surface area contributed by atoms with Gasteiger partial charge in [-0.3, -0.25) is 9.10 Å². The van der Waals surface area contributed by atoms with E-state index in [2.05, 4.69) is 5.32 Å². The second-order valence-electron chi connectivity index (χ2n) is 7.87. The van der Waals surface area contributed by atoms with Gasteiger partial charge in [-0.15, -0.1) is 0 Å². The predicted molar refractivity (Wildman–Crippen MR) is 129 cm³/mol. The lowest BCUT2D eigenvalue weighted by atomic mass is 9.99. The average Bonchev–Trinajstić information content (AvgIpc) is 2.84. The first-order valence-electron chi connectivity index (χ1n) is 11.3. The zero-order valence-corrected chi connectivity index (χ0v) is 20.3. The fourth-order valence-corrected chi connectivity index (χ4v) is 5.70. The van der Waals surface area contributed by atoms with Crippen LogP contribution in [0.15, 0.2) is 48.5 Å². The maximum absolute atomic E-state index is 13.4. The molecule has 1 aliphatic rings. The molecular formula is C24H33N3O5S. The second-order valence-corrected chi connectivity index (χ2v) is 9.72. The summed E-state index contributed by atoms with van der Waals surface area (Å²) >= 11 is 0. The monoisotopic (exact) mass is 475 g/mol. The van der Waals surface area contributed by atoms with Crippen molar-refractivity contribution in [2.24, 2.45) is 5.92 Å². The molecule has 1 amide bonds. The summed E-state index contributed by atoms with van der Waals surface area (Å²) in [7, 11) is -2.17. The van der Waals surface area contributed by atoms with Gasteiger partial charge in [0, 0.05) is 26.2 Å². The van der Waals surface area contributed by atoms with Gasteiger partial charge in [0.1, 0.15) is 11.5 Å². The number of anilines is 1. The van der Waals surface area contributed by atoms with Gasteiger partial charge < -0.3 is 14.8 Å². The number of methoxy groups -OCH3 is 1. The standard InChI is InChI=1S/C24H33N3O5S/c1-4-27(21-11-13-22(14-12-21)32-5-2)33(29,30)26-15-7-9-20(18-26)24(28)25-17-19-8-6-10-23(16-19)31-3/h6,8,10-14,16,20H,4-5,7,9,15,17-18H2,1-3H3,(H,25,28)/t20-/m1/s1. The Bertz CT molecular complexity index is 1030. The maximum atomic E-state index is 13.4. The van der Waals surface area contributed by atoms with Crippen molar-refractivity contribution in [2.75, 3.05) is 37.7 Å². The molecule has 0 spiro atoms. The molecule has 1 N–H and O–H groups in total. The summed E-state index contributed by atoms with van der Waals surface area (Å²) in [6.07, 6.45) is 1.29. The van der Waals surface area contributed by atoms with Gasteiger partial charge in [-0.1, -0.05) is 12.1 Å². The number of benzene rings is 2. The Morgan fingerprint density at radius 2 is 1.91 bits per heavy atom. The molecule has 0 unspecified atom stereocenters. The van der Waals surface area contributed by atoms with Crippen LogP contribution in [0.2, 0.25) is 0 Å². The van der Waals surface area contributed by atoms with E-state index in [9.17, 15) is 13.2 Å². The van der Waals surface area contributed by atoms with Crippen molar-refractivity contribution >= 4 is 21.8 Å². The van der Waals surface area contributed by atoms with E-state index in [1.165, 1.54) is 8.61 Å². The van der Waals surface area contributed by atoms with Crippen molar-refractivity contribution < 1.29 is 22.7 Å². The molecule has 1 saturated heterocycles. The first kappa shape index (κ1) is 24.9. The Kier molecular flexibility index (Phi) is 8.57. The molecule has 1 atom stereocenters. The van der Waals surface area contributed by atoms with Crippen molar-refractivity contribution in [1.29, 1.82) is 0 Å². The van der Waals surface area contributed by atoms with Gasteiger partial charge in [0.05, 0.1) is 25.3 Å². The number of hydrogen-bond donors (Lipinski definition) is 1. The summed E-state index contributed by atoms with van der Waals surface area (Å²) in [5, 5.41) is 2.94. The Balaban J connectivity index is 1.66. The minimum atomic E-state index is -3.77. The lowest BCUT2D eigenvalue weighted by molar-refractivity contribution is -0.126. The molecule has 1 heterocycles. The van der Waals surface area contributed by atoms with Gasteiger partial charge in [0.2, 0.25) is 5.91 Å². The van der Waals surface area contributed by atoms with Gasteiger partial charge >= 0.3 is 10.2 Å². The Morgan fingerprint density at radius 3 is 2.58 bits per heavy atom. The van der Waals surface area contributed by atoms with Gasteiger partial charge in [0.25, 0.3) is 0 Å². The van der Waals surface area contributed by atoms with Crippen molar-refractivity contribution in [3.63, 3.8) is 0 Å². The summed E-state index contributed by atoms with van der Waals surface area (Å²) in [4.78, 5) is 12.8. The van der Waals surface area contributed by atoms with Crippen LogP contribution in [0.3, 0.4) is 0 Å². The molecule has 33 heavy (non-hydrogen) atoms. The number of nitrogens with zero attached hydrogens (tertiary/aromatic N) is 2. The Hall–Kier alpha value is -2.78. The number of carbonyl (C=O) groups is 1. The lowest BCUT2D eigenvalue weighted by Gasteiger charge is -2.35. The zero-order valence-electron chi connectivity index (χ0n) is 19.5. The molecule has 2 aromatic rings. The quantitative estimate of drug-likeness (QED) is 0.570. The van der Waals surface area contributed by atoms with E-state index >= 15 is 0 Å². The number of carbonyl (C=O) groups excluding carboxylic acids is 1. The number of hydrogen-bond acceptors (Lipinski definition) is 5. The third kappa shape index (κ3) is 6.17. The highest BCUT2D eigenvalue weighted by molar-refractivity contribution is 7.90. The first-order valence-corrected chi connectivity index (χ1v) is 12.7. The van der Waals surface area contributed by atoms with E-state index in [1.54, 1.807) is 38.3 Å². The van der Waals surface area contributed by atoms with Crippen molar-refractivity contribution in [1.82, 2.24) is 9.62 Å². The Labute approximate surface area is 196 Å². The van der Waals surface area contributed by atoms with Gasteiger partial charge in [-0.25, -0.2) is 0 Å². The molecule has 1 fully saturated rings. The van der Waals surface area contributed by atoms with Gasteiger partial charge in [-0.05, 0) is 68.7 Å². The van der Waals surface area contributed by atoms with Crippen LogP contribution < -0.4 is 19.1 Å². The molecule has 9 heteroatoms. The van der Waals surface area contributed by atoms with E-state index in [1.807, 2.05) is 31.2 Å². The van der Waals surface area contributed by atoms with Crippen LogP contribution in [-0.4, -0.2) is 52.0 Å². The van der Waals surface area contributed by atoms with Gasteiger partial charge in [-0.2, -0.15) is 12.7 Å². The maximum Gasteiger partial charge on any atom is 0.304 e. The third-order valence-corrected chi connectivity index (χ3v) is 7.69. The smallest absolute Gasteiger partial charge is 0.304 e. The number of amides is 1. The molecule has 8 nitrogen and oxygen atoms in total. The Morgan fingerprint density at radius 1 is 1.15 bits per heavy atom. The highest BCUT2D eigenvalue weighted by Gasteiger charge is 2.35. The summed E-state index contributed by atoms with van der Waals surface area (Å²) in [5.41, 5.74) is 1.50. The van der Waals surface area contributed by atoms with Crippen LogP contribution in [0.4, 0.5) is 5.69 Å². The molecule has 1 aliphatic heterocycles. The van der Waals surface area contributed by atoms with E-state index in [0.29, 0.717) is 50.5 Å². The molecular weight excluding hydrogens is 442 g/mol. The van der Waals surface area contributed by atoms with Crippen LogP contribution in [0.1, 0.15) is 32.3 Å². The molecule has 0 aliphatic carbocycles. The normalized spacial score (nSPS) is 16.8. The minimum absolute atomic E-state index is 0.137. The summed E-state index contributed by atoms with van der Waals surface area (Å²) in [5.74, 6) is 0.895. The number of ether oxygens (including phenoxy) is 2. The highest BCUT2D eigenvalue weighted by Crippen LogP contribution is 2.27. The molecule has 180 valence electrons. The van der Waals surface area contributed by atoms with Crippen LogP contribution in [0.5, 0.6) is 11.5 Å². The summed E-state index contributed by atoms with van der Waals surface area (Å²) in [6, 6.07) is 14.5. The minimum Gasteiger partial charge on any atom is -0.497 e. The SMILES string of the molecule is CCOc1ccc(N(CC)S(=O)(=O)N2CCC[C@@H](C(=O)NCc3cccc(OC)c3)C2)cc1. The fraction of sp³-hybridized carbons (Fsp3) is 0.458. The lowest BCUT2D eigenvalue weighted by Crippen LogP contribution is -2.50. The van der Waals surface area contributed by atoms with Gasteiger partial charge in [0.15, 0.2) is 0 Å². The fourth-order valence-electron chi connectivity index (χ4n) is 3.98. The molecule has 0 aromatic heterocycles. The van der Waals surface area contributed by atoms with E-state index in [-0.39, 0.29) is 12.5 Å². The van der Waals surface area contributed by atoms with Crippen molar-refractivity contribution in [3.8, 4) is 11.5 Å². The third-order valence-electron chi connectivity index (χ3n) is 5.68. The van der Waals surface area contributed by atoms with E-state index < -0.39 is 16.1 Å². The molecule has 2 aromatic carbocycles.